The maximum Gasteiger partial charge on any atom is 0.407 e. The summed E-state index contributed by atoms with van der Waals surface area (Å²) in [4.78, 5) is 26.8. The third kappa shape index (κ3) is 7.22. The number of hydrogen-bond acceptors (Lipinski definition) is 6. The first-order valence-corrected chi connectivity index (χ1v) is 10.7. The number of ether oxygens (including phenoxy) is 2. The van der Waals surface area contributed by atoms with Crippen LogP contribution < -0.4 is 10.1 Å². The minimum Gasteiger partial charge on any atom is -0.492 e. The Morgan fingerprint density at radius 3 is 2.62 bits per heavy atom. The second-order valence-electron chi connectivity index (χ2n) is 8.36. The number of piperazine rings is 1. The summed E-state index contributed by atoms with van der Waals surface area (Å²) in [5, 5.41) is 12.2. The molecule has 32 heavy (non-hydrogen) atoms. The molecular formula is C22H33F2N3O5. The molecular weight excluding hydrogens is 424 g/mol. The number of esters is 1. The normalized spacial score (nSPS) is 17.3. The van der Waals surface area contributed by atoms with E-state index in [9.17, 15) is 18.4 Å². The van der Waals surface area contributed by atoms with Gasteiger partial charge in [-0.15, -0.1) is 0 Å². The summed E-state index contributed by atoms with van der Waals surface area (Å²) in [6, 6.07) is 4.74. The Morgan fingerprint density at radius 2 is 2.03 bits per heavy atom. The molecule has 0 spiro atoms. The van der Waals surface area contributed by atoms with E-state index in [1.165, 1.54) is 4.90 Å². The number of carboxylic acid groups (broad SMARTS) is 1. The molecule has 1 aromatic rings. The van der Waals surface area contributed by atoms with Gasteiger partial charge in [0, 0.05) is 49.9 Å². The molecule has 1 saturated heterocycles. The summed E-state index contributed by atoms with van der Waals surface area (Å²) < 4.78 is 37.1. The lowest BCUT2D eigenvalue weighted by atomic mass is 10.0. The number of nitrogens with zero attached hydrogens (tertiary/aromatic N) is 2. The molecule has 1 amide bonds. The molecule has 0 saturated carbocycles. The summed E-state index contributed by atoms with van der Waals surface area (Å²) in [7, 11) is 0. The van der Waals surface area contributed by atoms with Gasteiger partial charge in [0.25, 0.3) is 0 Å². The van der Waals surface area contributed by atoms with E-state index < -0.39 is 30.4 Å². The van der Waals surface area contributed by atoms with Gasteiger partial charge in [0.1, 0.15) is 17.9 Å². The highest BCUT2D eigenvalue weighted by Crippen LogP contribution is 2.27. The largest absolute Gasteiger partial charge is 0.492 e. The Kier molecular flexibility index (Phi) is 9.06. The van der Waals surface area contributed by atoms with Crippen molar-refractivity contribution in [1.82, 2.24) is 9.80 Å². The molecule has 1 heterocycles. The van der Waals surface area contributed by atoms with Gasteiger partial charge in [-0.05, 0) is 45.9 Å². The number of alkyl halides is 2. The number of benzene rings is 1. The molecule has 1 aliphatic heterocycles. The van der Waals surface area contributed by atoms with Crippen LogP contribution >= 0.6 is 0 Å². The zero-order chi connectivity index (χ0) is 23.9. The first-order chi connectivity index (χ1) is 15.0. The highest BCUT2D eigenvalue weighted by molar-refractivity contribution is 5.83. The van der Waals surface area contributed by atoms with Crippen LogP contribution in [-0.2, 0) is 16.0 Å². The van der Waals surface area contributed by atoms with Crippen LogP contribution in [0.5, 0.6) is 5.75 Å². The predicted molar refractivity (Wildman–Crippen MR) is 117 cm³/mol. The van der Waals surface area contributed by atoms with Crippen LogP contribution in [0.3, 0.4) is 0 Å². The maximum atomic E-state index is 13.1. The number of hydrogen-bond donors (Lipinski definition) is 2. The summed E-state index contributed by atoms with van der Waals surface area (Å²) in [6.45, 7) is 9.58. The summed E-state index contributed by atoms with van der Waals surface area (Å²) in [5.41, 5.74) is -0.159. The van der Waals surface area contributed by atoms with E-state index in [0.29, 0.717) is 43.2 Å². The van der Waals surface area contributed by atoms with Gasteiger partial charge in [0.05, 0.1) is 6.61 Å². The van der Waals surface area contributed by atoms with Crippen molar-refractivity contribution in [3.05, 3.63) is 23.8 Å². The van der Waals surface area contributed by atoms with Crippen LogP contribution in [0, 0.1) is 0 Å². The van der Waals surface area contributed by atoms with Crippen LogP contribution in [0.1, 0.15) is 33.3 Å². The summed E-state index contributed by atoms with van der Waals surface area (Å²) in [6.07, 6.45) is -3.94. The molecule has 8 nitrogen and oxygen atoms in total. The smallest absolute Gasteiger partial charge is 0.407 e. The van der Waals surface area contributed by atoms with Crippen LogP contribution in [0.2, 0.25) is 0 Å². The Labute approximate surface area is 187 Å². The summed E-state index contributed by atoms with van der Waals surface area (Å²) >= 11 is 0. The molecule has 10 heteroatoms. The van der Waals surface area contributed by atoms with Gasteiger partial charge >= 0.3 is 12.1 Å². The minimum absolute atomic E-state index is 0.122. The average Bonchev–Trinajstić information content (AvgIpc) is 2.69. The Hall–Kier alpha value is -2.62. The molecule has 1 aromatic carbocycles. The third-order valence-corrected chi connectivity index (χ3v) is 5.30. The number of anilines is 1. The van der Waals surface area contributed by atoms with Crippen molar-refractivity contribution in [2.75, 3.05) is 44.7 Å². The van der Waals surface area contributed by atoms with Gasteiger partial charge in [-0.3, -0.25) is 4.90 Å². The Balaban J connectivity index is 2.00. The lowest BCUT2D eigenvalue weighted by Gasteiger charge is -2.38. The number of amides is 1. The molecule has 2 N–H and O–H groups in total. The number of carbonyl (C=O) groups excluding carboxylic acids is 1. The molecule has 180 valence electrons. The standard InChI is InChI=1S/C22H33F2N3O5/c1-5-31-20(28)22(3,4)25-17-6-7-18(16(12-17)13-19(23)24)32-11-10-26-8-9-27(21(29)30)15(2)14-26/h6-7,12,15,19,25H,5,8-11,13-14H2,1-4H3,(H,29,30). The molecule has 0 bridgehead atoms. The van der Waals surface area contributed by atoms with Gasteiger partial charge in [-0.1, -0.05) is 0 Å². The first kappa shape index (κ1) is 25.6. The van der Waals surface area contributed by atoms with Crippen LogP contribution in [-0.4, -0.2) is 84.4 Å². The first-order valence-electron chi connectivity index (χ1n) is 10.7. The fourth-order valence-corrected chi connectivity index (χ4v) is 3.65. The van der Waals surface area contributed by atoms with Crippen LogP contribution in [0.25, 0.3) is 0 Å². The lowest BCUT2D eigenvalue weighted by Crippen LogP contribution is -2.54. The van der Waals surface area contributed by atoms with E-state index in [2.05, 4.69) is 10.2 Å². The second kappa shape index (κ2) is 11.3. The van der Waals surface area contributed by atoms with Crippen LogP contribution in [0.4, 0.5) is 19.3 Å². The topological polar surface area (TPSA) is 91.3 Å². The summed E-state index contributed by atoms with van der Waals surface area (Å²) in [5.74, 6) is -0.0741. The quantitative estimate of drug-likeness (QED) is 0.521. The third-order valence-electron chi connectivity index (χ3n) is 5.30. The van der Waals surface area contributed by atoms with Gasteiger partial charge in [-0.25, -0.2) is 18.4 Å². The van der Waals surface area contributed by atoms with E-state index in [1.807, 2.05) is 6.92 Å². The SMILES string of the molecule is CCOC(=O)C(C)(C)Nc1ccc(OCCN2CCN(C(=O)O)C(C)C2)c(CC(F)F)c1. The van der Waals surface area contributed by atoms with Gasteiger partial charge < -0.3 is 24.8 Å². The van der Waals surface area contributed by atoms with E-state index in [-0.39, 0.29) is 19.3 Å². The van der Waals surface area contributed by atoms with Gasteiger partial charge in [0.2, 0.25) is 6.43 Å². The molecule has 1 fully saturated rings. The highest BCUT2D eigenvalue weighted by Gasteiger charge is 2.29. The van der Waals surface area contributed by atoms with Crippen molar-refractivity contribution in [1.29, 1.82) is 0 Å². The fourth-order valence-electron chi connectivity index (χ4n) is 3.65. The molecule has 1 aliphatic rings. The van der Waals surface area contributed by atoms with Crippen molar-refractivity contribution >= 4 is 17.7 Å². The molecule has 0 radical (unpaired) electrons. The minimum atomic E-state index is -2.55. The molecule has 2 rings (SSSR count). The number of rotatable bonds is 10. The van der Waals surface area contributed by atoms with Gasteiger partial charge in [-0.2, -0.15) is 0 Å². The second-order valence-corrected chi connectivity index (χ2v) is 8.36. The lowest BCUT2D eigenvalue weighted by molar-refractivity contribution is -0.147. The fraction of sp³-hybridized carbons (Fsp3) is 0.636. The van der Waals surface area contributed by atoms with E-state index in [1.54, 1.807) is 39.0 Å². The highest BCUT2D eigenvalue weighted by atomic mass is 19.3. The molecule has 0 aromatic heterocycles. The van der Waals surface area contributed by atoms with E-state index in [0.717, 1.165) is 0 Å². The van der Waals surface area contributed by atoms with Gasteiger partial charge in [0.15, 0.2) is 0 Å². The maximum absolute atomic E-state index is 13.1. The number of nitrogens with one attached hydrogen (secondary N) is 1. The van der Waals surface area contributed by atoms with Crippen molar-refractivity contribution in [3.8, 4) is 5.75 Å². The number of carbonyl (C=O) groups is 2. The number of halogens is 2. The average molecular weight is 458 g/mol. The predicted octanol–water partition coefficient (Wildman–Crippen LogP) is 3.31. The van der Waals surface area contributed by atoms with Crippen molar-refractivity contribution in [3.63, 3.8) is 0 Å². The van der Waals surface area contributed by atoms with Crippen molar-refractivity contribution in [2.45, 2.75) is 52.1 Å². The van der Waals surface area contributed by atoms with Crippen molar-refractivity contribution < 1.29 is 33.0 Å². The zero-order valence-electron chi connectivity index (χ0n) is 19.1. The van der Waals surface area contributed by atoms with E-state index >= 15 is 0 Å². The van der Waals surface area contributed by atoms with E-state index in [4.69, 9.17) is 14.6 Å². The molecule has 0 aliphatic carbocycles. The Morgan fingerprint density at radius 1 is 1.31 bits per heavy atom. The molecule has 1 atom stereocenters. The van der Waals surface area contributed by atoms with Crippen molar-refractivity contribution in [2.24, 2.45) is 0 Å². The molecule has 1 unspecified atom stereocenters. The Bertz CT molecular complexity index is 791. The monoisotopic (exact) mass is 457 g/mol. The van der Waals surface area contributed by atoms with Crippen LogP contribution in [0.15, 0.2) is 18.2 Å². The zero-order valence-corrected chi connectivity index (χ0v) is 19.1.